The predicted molar refractivity (Wildman–Crippen MR) is 88.3 cm³/mol. The Hall–Kier alpha value is -3.66. The molecule has 0 radical (unpaired) electrons. The summed E-state index contributed by atoms with van der Waals surface area (Å²) in [7, 11) is 0. The molecule has 124 valence electrons. The molecule has 3 rings (SSSR count). The van der Waals surface area contributed by atoms with Gasteiger partial charge in [0.2, 0.25) is 5.78 Å². The fourth-order valence-electron chi connectivity index (χ4n) is 2.51. The minimum absolute atomic E-state index is 0.0688. The number of rotatable bonds is 4. The number of nitrogens with zero attached hydrogens (tertiary/aromatic N) is 2. The Labute approximate surface area is 142 Å². The van der Waals surface area contributed by atoms with Gasteiger partial charge in [-0.15, -0.1) is 0 Å². The zero-order valence-electron chi connectivity index (χ0n) is 13.2. The number of carbonyl (C=O) groups excluding carboxylic acids is 1. The molecule has 0 aromatic heterocycles. The summed E-state index contributed by atoms with van der Waals surface area (Å²) in [5.41, 5.74) is 1.42. The zero-order chi connectivity index (χ0) is 18.0. The first kappa shape index (κ1) is 16.2. The number of nitriles is 1. The van der Waals surface area contributed by atoms with Crippen LogP contribution in [0.25, 0.3) is 6.08 Å². The Morgan fingerprint density at radius 3 is 2.88 bits per heavy atom. The van der Waals surface area contributed by atoms with Gasteiger partial charge in [0.15, 0.2) is 12.4 Å². The van der Waals surface area contributed by atoms with Crippen molar-refractivity contribution in [1.82, 2.24) is 0 Å². The predicted octanol–water partition coefficient (Wildman–Crippen LogP) is 3.42. The van der Waals surface area contributed by atoms with E-state index in [1.807, 2.05) is 6.07 Å². The minimum atomic E-state index is -0.503. The molecular formula is C18H12N2O5. The van der Waals surface area contributed by atoms with Crippen molar-refractivity contribution in [2.75, 3.05) is 6.61 Å². The molecular weight excluding hydrogens is 324 g/mol. The zero-order valence-corrected chi connectivity index (χ0v) is 13.2. The maximum atomic E-state index is 12.5. The SMILES string of the molecule is Cc1c(OCC#N)ccc2c1O/C(=C\c1cccc([N+](=O)[O-])c1)C2=O. The van der Waals surface area contributed by atoms with Crippen LogP contribution >= 0.6 is 0 Å². The third-order valence-electron chi connectivity index (χ3n) is 3.71. The lowest BCUT2D eigenvalue weighted by atomic mass is 10.1. The number of hydrogen-bond acceptors (Lipinski definition) is 6. The third-order valence-corrected chi connectivity index (χ3v) is 3.71. The molecule has 1 aliphatic rings. The number of ether oxygens (including phenoxy) is 2. The van der Waals surface area contributed by atoms with Crippen LogP contribution in [0.15, 0.2) is 42.2 Å². The largest absolute Gasteiger partial charge is 0.478 e. The number of fused-ring (bicyclic) bond motifs is 1. The monoisotopic (exact) mass is 336 g/mol. The molecule has 2 aromatic carbocycles. The van der Waals surface area contributed by atoms with E-state index in [4.69, 9.17) is 14.7 Å². The van der Waals surface area contributed by atoms with E-state index in [1.54, 1.807) is 25.1 Å². The summed E-state index contributed by atoms with van der Waals surface area (Å²) in [6, 6.07) is 11.0. The molecule has 2 aromatic rings. The molecule has 25 heavy (non-hydrogen) atoms. The molecule has 7 nitrogen and oxygen atoms in total. The second-order valence-electron chi connectivity index (χ2n) is 5.30. The first-order valence-corrected chi connectivity index (χ1v) is 7.33. The number of carbonyl (C=O) groups is 1. The highest BCUT2D eigenvalue weighted by molar-refractivity contribution is 6.15. The number of allylic oxidation sites excluding steroid dienone is 1. The van der Waals surface area contributed by atoms with E-state index < -0.39 is 4.92 Å². The molecule has 0 spiro atoms. The number of ketones is 1. The van der Waals surface area contributed by atoms with Gasteiger partial charge in [-0.25, -0.2) is 0 Å². The number of Topliss-reactive ketones (excluding diaryl/α,β-unsaturated/α-hetero) is 1. The van der Waals surface area contributed by atoms with Crippen molar-refractivity contribution in [3.8, 4) is 17.6 Å². The van der Waals surface area contributed by atoms with E-state index in [0.29, 0.717) is 28.2 Å². The van der Waals surface area contributed by atoms with Crippen LogP contribution in [-0.2, 0) is 0 Å². The van der Waals surface area contributed by atoms with Crippen LogP contribution in [0.3, 0.4) is 0 Å². The first-order valence-electron chi connectivity index (χ1n) is 7.33. The van der Waals surface area contributed by atoms with Gasteiger partial charge in [-0.1, -0.05) is 12.1 Å². The minimum Gasteiger partial charge on any atom is -0.478 e. The molecule has 0 fully saturated rings. The van der Waals surface area contributed by atoms with E-state index >= 15 is 0 Å². The van der Waals surface area contributed by atoms with Gasteiger partial charge in [-0.05, 0) is 30.7 Å². The summed E-state index contributed by atoms with van der Waals surface area (Å²) in [5, 5.41) is 19.5. The van der Waals surface area contributed by atoms with Gasteiger partial charge in [-0.2, -0.15) is 5.26 Å². The van der Waals surface area contributed by atoms with Gasteiger partial charge < -0.3 is 9.47 Å². The standard InChI is InChI=1S/C18H12N2O5/c1-11-15(24-8-7-19)6-5-14-17(21)16(25-18(11)14)10-12-3-2-4-13(9-12)20(22)23/h2-6,9-10H,8H2,1H3/b16-10-. The Morgan fingerprint density at radius 2 is 2.16 bits per heavy atom. The maximum Gasteiger partial charge on any atom is 0.270 e. The van der Waals surface area contributed by atoms with E-state index in [0.717, 1.165) is 0 Å². The summed E-state index contributed by atoms with van der Waals surface area (Å²) < 4.78 is 10.9. The van der Waals surface area contributed by atoms with E-state index in [-0.39, 0.29) is 23.8 Å². The summed E-state index contributed by atoms with van der Waals surface area (Å²) in [5.74, 6) is 0.606. The van der Waals surface area contributed by atoms with Crippen LogP contribution in [0.4, 0.5) is 5.69 Å². The van der Waals surface area contributed by atoms with Crippen LogP contribution in [0.2, 0.25) is 0 Å². The second kappa shape index (κ2) is 6.45. The molecule has 0 atom stereocenters. The van der Waals surface area contributed by atoms with E-state index in [2.05, 4.69) is 0 Å². The normalized spacial score (nSPS) is 13.9. The van der Waals surface area contributed by atoms with E-state index in [1.165, 1.54) is 24.3 Å². The van der Waals surface area contributed by atoms with Crippen LogP contribution < -0.4 is 9.47 Å². The lowest BCUT2D eigenvalue weighted by molar-refractivity contribution is -0.384. The van der Waals surface area contributed by atoms with Gasteiger partial charge in [0.05, 0.1) is 10.5 Å². The van der Waals surface area contributed by atoms with Crippen LogP contribution in [0.1, 0.15) is 21.5 Å². The van der Waals surface area contributed by atoms with Crippen LogP contribution in [-0.4, -0.2) is 17.3 Å². The van der Waals surface area contributed by atoms with Crippen LogP contribution in [0, 0.1) is 28.4 Å². The van der Waals surface area contributed by atoms with Gasteiger partial charge in [0.25, 0.3) is 5.69 Å². The number of nitro groups is 1. The van der Waals surface area contributed by atoms with Crippen LogP contribution in [0.5, 0.6) is 11.5 Å². The summed E-state index contributed by atoms with van der Waals surface area (Å²) in [6.45, 7) is 1.62. The van der Waals surface area contributed by atoms with Gasteiger partial charge in [-0.3, -0.25) is 14.9 Å². The average molecular weight is 336 g/mol. The molecule has 7 heteroatoms. The van der Waals surface area contributed by atoms with Crippen molar-refractivity contribution in [3.05, 3.63) is 69.0 Å². The topological polar surface area (TPSA) is 102 Å². The molecule has 0 aliphatic carbocycles. The fourth-order valence-corrected chi connectivity index (χ4v) is 2.51. The van der Waals surface area contributed by atoms with E-state index in [9.17, 15) is 14.9 Å². The highest BCUT2D eigenvalue weighted by Gasteiger charge is 2.30. The van der Waals surface area contributed by atoms with Gasteiger partial charge in [0.1, 0.15) is 17.6 Å². The Balaban J connectivity index is 1.95. The van der Waals surface area contributed by atoms with Crippen molar-refractivity contribution in [1.29, 1.82) is 5.26 Å². The van der Waals surface area contributed by atoms with Crippen molar-refractivity contribution in [2.24, 2.45) is 0 Å². The Morgan fingerprint density at radius 1 is 1.36 bits per heavy atom. The first-order chi connectivity index (χ1) is 12.0. The maximum absolute atomic E-state index is 12.5. The molecule has 0 amide bonds. The molecule has 0 bridgehead atoms. The highest BCUT2D eigenvalue weighted by atomic mass is 16.6. The Bertz CT molecular complexity index is 956. The summed E-state index contributed by atoms with van der Waals surface area (Å²) in [6.07, 6.45) is 1.46. The highest BCUT2D eigenvalue weighted by Crippen LogP contribution is 2.39. The van der Waals surface area contributed by atoms with Crippen molar-refractivity contribution < 1.29 is 19.2 Å². The van der Waals surface area contributed by atoms with Crippen molar-refractivity contribution in [3.63, 3.8) is 0 Å². The second-order valence-corrected chi connectivity index (χ2v) is 5.30. The average Bonchev–Trinajstić information content (AvgIpc) is 2.91. The molecule has 1 heterocycles. The van der Waals surface area contributed by atoms with Gasteiger partial charge >= 0.3 is 0 Å². The lowest BCUT2D eigenvalue weighted by Gasteiger charge is -2.08. The molecule has 1 aliphatic heterocycles. The molecule has 0 saturated heterocycles. The van der Waals surface area contributed by atoms with Crippen molar-refractivity contribution in [2.45, 2.75) is 6.92 Å². The lowest BCUT2D eigenvalue weighted by Crippen LogP contribution is -1.98. The summed E-state index contributed by atoms with van der Waals surface area (Å²) in [4.78, 5) is 22.8. The molecule has 0 saturated carbocycles. The number of non-ortho nitro benzene ring substituents is 1. The van der Waals surface area contributed by atoms with Crippen molar-refractivity contribution >= 4 is 17.5 Å². The van der Waals surface area contributed by atoms with Gasteiger partial charge in [0, 0.05) is 17.7 Å². The quantitative estimate of drug-likeness (QED) is 0.481. The smallest absolute Gasteiger partial charge is 0.270 e. The summed E-state index contributed by atoms with van der Waals surface area (Å²) >= 11 is 0. The number of hydrogen-bond donors (Lipinski definition) is 0. The Kier molecular flexibility index (Phi) is 4.18. The number of nitro benzene ring substituents is 1. The molecule has 0 unspecified atom stereocenters. The number of benzene rings is 2. The molecule has 0 N–H and O–H groups in total. The third kappa shape index (κ3) is 3.05. The fraction of sp³-hybridized carbons (Fsp3) is 0.111.